The Morgan fingerprint density at radius 1 is 1.07 bits per heavy atom. The molecule has 0 aliphatic carbocycles. The molecule has 0 heterocycles. The van der Waals surface area contributed by atoms with Crippen LogP contribution in [0.3, 0.4) is 0 Å². The molecule has 1 unspecified atom stereocenters. The van der Waals surface area contributed by atoms with Crippen molar-refractivity contribution < 1.29 is 0 Å². The average Bonchev–Trinajstić information content (AvgIpc) is 2.26. The molecule has 0 saturated heterocycles. The minimum Gasteiger partial charge on any atom is -0.0667 e. The van der Waals surface area contributed by atoms with Gasteiger partial charge in [-0.3, -0.25) is 0 Å². The fraction of sp³-hybridized carbons (Fsp3) is 0.571. The molecule has 0 nitrogen and oxygen atoms in total. The van der Waals surface area contributed by atoms with Crippen LogP contribution in [-0.4, -0.2) is 9.52 Å². The summed E-state index contributed by atoms with van der Waals surface area (Å²) in [5, 5.41) is 1.63. The number of benzene rings is 1. The van der Waals surface area contributed by atoms with Crippen LogP contribution in [0.15, 0.2) is 30.3 Å². The summed E-state index contributed by atoms with van der Waals surface area (Å²) in [6.07, 6.45) is 7.09. The molecule has 0 saturated carbocycles. The molecule has 0 amide bonds. The van der Waals surface area contributed by atoms with Crippen LogP contribution in [0, 0.1) is 0 Å². The third-order valence-corrected chi connectivity index (χ3v) is 5.03. The van der Waals surface area contributed by atoms with E-state index < -0.39 is 0 Å². The molecule has 0 bridgehead atoms. The van der Waals surface area contributed by atoms with Gasteiger partial charge in [0, 0.05) is 0 Å². The maximum Gasteiger partial charge on any atom is 0.0575 e. The molecule has 1 aromatic rings. The maximum atomic E-state index is 2.44. The lowest BCUT2D eigenvalue weighted by Gasteiger charge is -2.10. The van der Waals surface area contributed by atoms with E-state index in [-0.39, 0.29) is 9.52 Å². The smallest absolute Gasteiger partial charge is 0.0575 e. The quantitative estimate of drug-likeness (QED) is 0.489. The van der Waals surface area contributed by atoms with Crippen LogP contribution in [0.5, 0.6) is 0 Å². The Balaban J connectivity index is 2.16. The number of unbranched alkanes of at least 4 members (excludes halogenated alkanes) is 3. The van der Waals surface area contributed by atoms with Crippen molar-refractivity contribution in [3.8, 4) is 0 Å². The molecule has 0 radical (unpaired) electrons. The molecule has 1 rings (SSSR count). The first kappa shape index (κ1) is 12.5. The van der Waals surface area contributed by atoms with Crippen LogP contribution in [0.25, 0.3) is 0 Å². The third kappa shape index (κ3) is 5.78. The van der Waals surface area contributed by atoms with E-state index in [1.807, 2.05) is 0 Å². The Morgan fingerprint density at radius 2 is 1.80 bits per heavy atom. The molecular weight excluding hydrogens is 196 g/mol. The van der Waals surface area contributed by atoms with E-state index in [2.05, 4.69) is 44.2 Å². The molecule has 0 aliphatic heterocycles. The Kier molecular flexibility index (Phi) is 6.41. The Hall–Kier alpha value is -0.563. The average molecular weight is 220 g/mol. The lowest BCUT2D eigenvalue weighted by molar-refractivity contribution is 0.623. The van der Waals surface area contributed by atoms with Crippen molar-refractivity contribution in [2.24, 2.45) is 0 Å². The molecule has 0 fully saturated rings. The molecule has 0 aromatic heterocycles. The van der Waals surface area contributed by atoms with Gasteiger partial charge in [0.15, 0.2) is 0 Å². The molecule has 0 N–H and O–H groups in total. The largest absolute Gasteiger partial charge is 0.0667 e. The normalized spacial score (nSPS) is 13.5. The van der Waals surface area contributed by atoms with E-state index >= 15 is 0 Å². The summed E-state index contributed by atoms with van der Waals surface area (Å²) in [5.74, 6) is 0. The van der Waals surface area contributed by atoms with Gasteiger partial charge in [0.2, 0.25) is 0 Å². The van der Waals surface area contributed by atoms with Gasteiger partial charge in [0.05, 0.1) is 9.52 Å². The summed E-state index contributed by atoms with van der Waals surface area (Å²) in [6.45, 7) is 4.72. The Labute approximate surface area is 96.9 Å². The molecule has 1 atom stereocenters. The maximum absolute atomic E-state index is 2.44. The number of hydrogen-bond acceptors (Lipinski definition) is 0. The SMILES string of the molecule is CCCCCCC(C)[SiH2]c1ccccc1. The van der Waals surface area contributed by atoms with E-state index in [9.17, 15) is 0 Å². The van der Waals surface area contributed by atoms with Gasteiger partial charge in [0.1, 0.15) is 0 Å². The Morgan fingerprint density at radius 3 is 2.47 bits per heavy atom. The second-order valence-corrected chi connectivity index (χ2v) is 7.26. The summed E-state index contributed by atoms with van der Waals surface area (Å²) >= 11 is 0. The van der Waals surface area contributed by atoms with E-state index in [4.69, 9.17) is 0 Å². The monoisotopic (exact) mass is 220 g/mol. The first-order valence-electron chi connectivity index (χ1n) is 6.37. The van der Waals surface area contributed by atoms with Crippen LogP contribution < -0.4 is 5.19 Å². The predicted octanol–water partition coefficient (Wildman–Crippen LogP) is 3.26. The molecule has 0 spiro atoms. The number of hydrogen-bond donors (Lipinski definition) is 0. The van der Waals surface area contributed by atoms with E-state index in [1.165, 1.54) is 32.1 Å². The van der Waals surface area contributed by atoms with Gasteiger partial charge in [-0.15, -0.1) is 0 Å². The summed E-state index contributed by atoms with van der Waals surface area (Å²) in [4.78, 5) is 0. The van der Waals surface area contributed by atoms with Crippen molar-refractivity contribution in [1.82, 2.24) is 0 Å². The van der Waals surface area contributed by atoms with E-state index in [1.54, 1.807) is 5.19 Å². The molecule has 84 valence electrons. The minimum absolute atomic E-state index is 0.0213. The standard InChI is InChI=1S/C14H24Si/c1-3-4-5-7-10-13(2)15-14-11-8-6-9-12-14/h6,8-9,11-13H,3-5,7,10,15H2,1-2H3. The van der Waals surface area contributed by atoms with E-state index in [0.717, 1.165) is 5.54 Å². The zero-order chi connectivity index (χ0) is 10.9. The summed E-state index contributed by atoms with van der Waals surface area (Å²) in [5.41, 5.74) is 0.976. The van der Waals surface area contributed by atoms with Crippen LogP contribution in [0.4, 0.5) is 0 Å². The highest BCUT2D eigenvalue weighted by Gasteiger charge is 2.03. The molecule has 1 heteroatoms. The van der Waals surface area contributed by atoms with Crippen molar-refractivity contribution in [2.75, 3.05) is 0 Å². The second kappa shape index (κ2) is 7.69. The molecule has 0 aliphatic rings. The van der Waals surface area contributed by atoms with Crippen molar-refractivity contribution in [1.29, 1.82) is 0 Å². The van der Waals surface area contributed by atoms with Gasteiger partial charge in [-0.2, -0.15) is 0 Å². The Bertz CT molecular complexity index is 243. The zero-order valence-electron chi connectivity index (χ0n) is 10.2. The van der Waals surface area contributed by atoms with Crippen molar-refractivity contribution >= 4 is 14.7 Å². The topological polar surface area (TPSA) is 0 Å². The highest BCUT2D eigenvalue weighted by Crippen LogP contribution is 2.13. The predicted molar refractivity (Wildman–Crippen MR) is 72.8 cm³/mol. The van der Waals surface area contributed by atoms with Crippen molar-refractivity contribution in [3.63, 3.8) is 0 Å². The third-order valence-electron chi connectivity index (χ3n) is 2.98. The molecular formula is C14H24Si. The first-order valence-corrected chi connectivity index (χ1v) is 7.89. The zero-order valence-corrected chi connectivity index (χ0v) is 11.6. The van der Waals surface area contributed by atoms with Crippen LogP contribution in [-0.2, 0) is 0 Å². The van der Waals surface area contributed by atoms with Crippen LogP contribution in [0.1, 0.15) is 46.0 Å². The van der Waals surface area contributed by atoms with Crippen LogP contribution >= 0.6 is 0 Å². The highest BCUT2D eigenvalue weighted by molar-refractivity contribution is 6.54. The first-order chi connectivity index (χ1) is 7.33. The highest BCUT2D eigenvalue weighted by atomic mass is 28.2. The van der Waals surface area contributed by atoms with Crippen LogP contribution in [0.2, 0.25) is 5.54 Å². The second-order valence-electron chi connectivity index (χ2n) is 4.64. The fourth-order valence-corrected chi connectivity index (χ4v) is 3.88. The van der Waals surface area contributed by atoms with Gasteiger partial charge in [0.25, 0.3) is 0 Å². The summed E-state index contributed by atoms with van der Waals surface area (Å²) in [6, 6.07) is 11.1. The number of rotatable bonds is 7. The van der Waals surface area contributed by atoms with Gasteiger partial charge in [-0.05, 0) is 5.54 Å². The lowest BCUT2D eigenvalue weighted by Crippen LogP contribution is -2.17. The minimum atomic E-state index is -0.0213. The van der Waals surface area contributed by atoms with Gasteiger partial charge in [-0.25, -0.2) is 0 Å². The lowest BCUT2D eigenvalue weighted by atomic mass is 10.1. The molecule has 1 aromatic carbocycles. The fourth-order valence-electron chi connectivity index (χ4n) is 2.04. The van der Waals surface area contributed by atoms with Crippen molar-refractivity contribution in [2.45, 2.75) is 51.5 Å². The van der Waals surface area contributed by atoms with Crippen molar-refractivity contribution in [3.05, 3.63) is 30.3 Å². The van der Waals surface area contributed by atoms with Gasteiger partial charge >= 0.3 is 0 Å². The van der Waals surface area contributed by atoms with Gasteiger partial charge < -0.3 is 0 Å². The molecule has 15 heavy (non-hydrogen) atoms. The summed E-state index contributed by atoms with van der Waals surface area (Å²) < 4.78 is 0. The van der Waals surface area contributed by atoms with E-state index in [0.29, 0.717) is 0 Å². The summed E-state index contributed by atoms with van der Waals surface area (Å²) in [7, 11) is -0.0213. The van der Waals surface area contributed by atoms with Gasteiger partial charge in [-0.1, -0.05) is 81.5 Å².